The Morgan fingerprint density at radius 3 is 2.68 bits per heavy atom. The van der Waals surface area contributed by atoms with Crippen molar-refractivity contribution in [3.05, 3.63) is 29.8 Å². The lowest BCUT2D eigenvalue weighted by Gasteiger charge is -2.26. The van der Waals surface area contributed by atoms with Gasteiger partial charge in [-0.3, -0.25) is 9.59 Å². The van der Waals surface area contributed by atoms with Crippen LogP contribution in [0.4, 0.5) is 5.69 Å². The maximum absolute atomic E-state index is 11.9. The summed E-state index contributed by atoms with van der Waals surface area (Å²) < 4.78 is 0. The molecule has 2 amide bonds. The van der Waals surface area contributed by atoms with Crippen molar-refractivity contribution in [1.82, 2.24) is 5.32 Å². The van der Waals surface area contributed by atoms with Gasteiger partial charge in [0.25, 0.3) is 0 Å². The first-order chi connectivity index (χ1) is 10.7. The third kappa shape index (κ3) is 3.67. The van der Waals surface area contributed by atoms with Crippen LogP contribution in [0.3, 0.4) is 0 Å². The number of benzene rings is 1. The number of piperidine rings is 1. The van der Waals surface area contributed by atoms with Gasteiger partial charge in [-0.1, -0.05) is 11.8 Å². The quantitative estimate of drug-likeness (QED) is 0.868. The molecule has 0 bridgehead atoms. The predicted octanol–water partition coefficient (Wildman–Crippen LogP) is 2.08. The molecular formula is C18H20N2O2. The Bertz CT molecular complexity index is 621. The minimum atomic E-state index is 0.119. The molecule has 0 radical (unpaired) electrons. The smallest absolute Gasteiger partial charge is 0.226 e. The Morgan fingerprint density at radius 2 is 2.00 bits per heavy atom. The van der Waals surface area contributed by atoms with E-state index in [0.29, 0.717) is 13.0 Å². The number of amides is 2. The van der Waals surface area contributed by atoms with E-state index < -0.39 is 0 Å². The third-order valence-corrected chi connectivity index (χ3v) is 4.03. The number of rotatable bonds is 3. The minimum absolute atomic E-state index is 0.119. The highest BCUT2D eigenvalue weighted by atomic mass is 16.2. The standard InChI is InChI=1S/C18H20N2O2/c21-17-5-1-2-13-20(17)16-10-6-14(7-11-16)4-3-12-19-18(22)15-8-9-15/h6-7,10-11,15H,1-2,5,8-9,12-13H2,(H,19,22). The number of nitrogens with zero attached hydrogens (tertiary/aromatic N) is 1. The lowest BCUT2D eigenvalue weighted by molar-refractivity contribution is -0.122. The number of hydrogen-bond acceptors (Lipinski definition) is 2. The van der Waals surface area contributed by atoms with Crippen LogP contribution in [-0.2, 0) is 9.59 Å². The number of nitrogens with one attached hydrogen (secondary N) is 1. The molecule has 22 heavy (non-hydrogen) atoms. The van der Waals surface area contributed by atoms with E-state index in [9.17, 15) is 9.59 Å². The molecule has 4 nitrogen and oxygen atoms in total. The molecule has 3 rings (SSSR count). The summed E-state index contributed by atoms with van der Waals surface area (Å²) in [6.07, 6.45) is 4.72. The molecule has 1 aliphatic heterocycles. The zero-order valence-corrected chi connectivity index (χ0v) is 12.6. The molecule has 1 aromatic carbocycles. The van der Waals surface area contributed by atoms with E-state index in [1.54, 1.807) is 0 Å². The van der Waals surface area contributed by atoms with Crippen LogP contribution in [-0.4, -0.2) is 24.9 Å². The van der Waals surface area contributed by atoms with Crippen molar-refractivity contribution in [2.45, 2.75) is 32.1 Å². The van der Waals surface area contributed by atoms with Crippen molar-refractivity contribution >= 4 is 17.5 Å². The summed E-state index contributed by atoms with van der Waals surface area (Å²) in [4.78, 5) is 25.2. The van der Waals surface area contributed by atoms with Gasteiger partial charge in [-0.25, -0.2) is 0 Å². The number of carbonyl (C=O) groups excluding carboxylic acids is 2. The van der Waals surface area contributed by atoms with Crippen molar-refractivity contribution in [3.63, 3.8) is 0 Å². The van der Waals surface area contributed by atoms with Gasteiger partial charge in [-0.05, 0) is 49.9 Å². The van der Waals surface area contributed by atoms with E-state index in [0.717, 1.165) is 43.5 Å². The monoisotopic (exact) mass is 296 g/mol. The molecule has 1 N–H and O–H groups in total. The molecule has 4 heteroatoms. The average molecular weight is 296 g/mol. The molecule has 114 valence electrons. The molecular weight excluding hydrogens is 276 g/mol. The van der Waals surface area contributed by atoms with Crippen molar-refractivity contribution < 1.29 is 9.59 Å². The molecule has 0 atom stereocenters. The summed E-state index contributed by atoms with van der Waals surface area (Å²) in [6.45, 7) is 1.19. The molecule has 1 aliphatic carbocycles. The van der Waals surface area contributed by atoms with Gasteiger partial charge in [0.05, 0.1) is 6.54 Å². The fourth-order valence-electron chi connectivity index (χ4n) is 2.57. The Balaban J connectivity index is 1.54. The number of carbonyl (C=O) groups is 2. The van der Waals surface area contributed by atoms with Crippen molar-refractivity contribution in [2.75, 3.05) is 18.0 Å². The topological polar surface area (TPSA) is 49.4 Å². The zero-order valence-electron chi connectivity index (χ0n) is 12.6. The Hall–Kier alpha value is -2.28. The number of anilines is 1. The first-order valence-corrected chi connectivity index (χ1v) is 7.91. The molecule has 1 heterocycles. The summed E-state index contributed by atoms with van der Waals surface area (Å²) in [6, 6.07) is 7.73. The zero-order chi connectivity index (χ0) is 15.4. The molecule has 1 saturated heterocycles. The lowest BCUT2D eigenvalue weighted by atomic mass is 10.1. The lowest BCUT2D eigenvalue weighted by Crippen LogP contribution is -2.35. The van der Waals surface area contributed by atoms with Crippen molar-refractivity contribution in [1.29, 1.82) is 0 Å². The van der Waals surface area contributed by atoms with E-state index in [2.05, 4.69) is 17.2 Å². The van der Waals surface area contributed by atoms with E-state index >= 15 is 0 Å². The summed E-state index contributed by atoms with van der Waals surface area (Å²) in [7, 11) is 0. The van der Waals surface area contributed by atoms with Gasteiger partial charge in [0.15, 0.2) is 0 Å². The predicted molar refractivity (Wildman–Crippen MR) is 85.3 cm³/mol. The Labute approximate surface area is 130 Å². The molecule has 0 spiro atoms. The first-order valence-electron chi connectivity index (χ1n) is 7.91. The second kappa shape index (κ2) is 6.65. The maximum Gasteiger partial charge on any atom is 0.226 e. The molecule has 2 aliphatic rings. The Kier molecular flexibility index (Phi) is 4.43. The highest BCUT2D eigenvalue weighted by molar-refractivity contribution is 5.94. The van der Waals surface area contributed by atoms with E-state index in [1.165, 1.54) is 0 Å². The molecule has 1 saturated carbocycles. The third-order valence-electron chi connectivity index (χ3n) is 4.03. The summed E-state index contributed by atoms with van der Waals surface area (Å²) in [5.41, 5.74) is 1.84. The summed E-state index contributed by atoms with van der Waals surface area (Å²) >= 11 is 0. The fraction of sp³-hybridized carbons (Fsp3) is 0.444. The van der Waals surface area contributed by atoms with Gasteiger partial charge in [-0.15, -0.1) is 0 Å². The van der Waals surface area contributed by atoms with Crippen LogP contribution >= 0.6 is 0 Å². The van der Waals surface area contributed by atoms with E-state index in [1.807, 2.05) is 29.2 Å². The van der Waals surface area contributed by atoms with E-state index in [4.69, 9.17) is 0 Å². The SMILES string of the molecule is O=C(NCC#Cc1ccc(N2CCCCC2=O)cc1)C1CC1. The van der Waals surface area contributed by atoms with Gasteiger partial charge < -0.3 is 10.2 Å². The van der Waals surface area contributed by atoms with Crippen LogP contribution in [0.5, 0.6) is 0 Å². The normalized spacial score (nSPS) is 17.6. The van der Waals surface area contributed by atoms with Crippen molar-refractivity contribution in [3.8, 4) is 11.8 Å². The molecule has 1 aromatic rings. The first kappa shape index (κ1) is 14.6. The Morgan fingerprint density at radius 1 is 1.23 bits per heavy atom. The van der Waals surface area contributed by atoms with E-state index in [-0.39, 0.29) is 17.7 Å². The van der Waals surface area contributed by atoms with Crippen LogP contribution in [0.25, 0.3) is 0 Å². The molecule has 0 aromatic heterocycles. The highest BCUT2D eigenvalue weighted by Gasteiger charge is 2.28. The average Bonchev–Trinajstić information content (AvgIpc) is 3.37. The van der Waals surface area contributed by atoms with Crippen molar-refractivity contribution in [2.24, 2.45) is 5.92 Å². The fourth-order valence-corrected chi connectivity index (χ4v) is 2.57. The van der Waals surface area contributed by atoms with Crippen LogP contribution in [0, 0.1) is 17.8 Å². The van der Waals surface area contributed by atoms with Crippen LogP contribution in [0.1, 0.15) is 37.7 Å². The summed E-state index contributed by atoms with van der Waals surface area (Å²) in [5.74, 6) is 6.54. The van der Waals surface area contributed by atoms with Gasteiger partial charge in [-0.2, -0.15) is 0 Å². The molecule has 0 unspecified atom stereocenters. The van der Waals surface area contributed by atoms with Crippen LogP contribution in [0.2, 0.25) is 0 Å². The summed E-state index contributed by atoms with van der Waals surface area (Å²) in [5, 5.41) is 2.82. The van der Waals surface area contributed by atoms with Crippen LogP contribution in [0.15, 0.2) is 24.3 Å². The van der Waals surface area contributed by atoms with Gasteiger partial charge in [0.1, 0.15) is 0 Å². The minimum Gasteiger partial charge on any atom is -0.345 e. The maximum atomic E-state index is 11.9. The van der Waals surface area contributed by atoms with Gasteiger partial charge in [0, 0.05) is 30.1 Å². The second-order valence-corrected chi connectivity index (χ2v) is 5.84. The largest absolute Gasteiger partial charge is 0.345 e. The highest BCUT2D eigenvalue weighted by Crippen LogP contribution is 2.28. The van der Waals surface area contributed by atoms with Crippen LogP contribution < -0.4 is 10.2 Å². The second-order valence-electron chi connectivity index (χ2n) is 5.84. The van der Waals surface area contributed by atoms with Gasteiger partial charge >= 0.3 is 0 Å². The number of hydrogen-bond donors (Lipinski definition) is 1. The van der Waals surface area contributed by atoms with Gasteiger partial charge in [0.2, 0.25) is 11.8 Å². The molecule has 2 fully saturated rings.